The summed E-state index contributed by atoms with van der Waals surface area (Å²) in [5.41, 5.74) is 0. The smallest absolute Gasteiger partial charge is 0.232 e. The zero-order valence-electron chi connectivity index (χ0n) is 13.0. The van der Waals surface area contributed by atoms with E-state index in [1.165, 1.54) is 6.42 Å². The van der Waals surface area contributed by atoms with Crippen molar-refractivity contribution in [2.45, 2.75) is 20.3 Å². The molecule has 0 bridgehead atoms. The average molecular weight is 340 g/mol. The zero-order chi connectivity index (χ0) is 16.1. The summed E-state index contributed by atoms with van der Waals surface area (Å²) in [6.45, 7) is 10.7. The monoisotopic (exact) mass is 339 g/mol. The third kappa shape index (κ3) is 4.81. The number of aromatic nitrogens is 2. The molecular formula is C15H22ClN5S. The first-order valence-corrected chi connectivity index (χ1v) is 8.21. The van der Waals surface area contributed by atoms with Crippen LogP contribution in [0.15, 0.2) is 18.7 Å². The van der Waals surface area contributed by atoms with Gasteiger partial charge in [-0.25, -0.2) is 4.98 Å². The summed E-state index contributed by atoms with van der Waals surface area (Å²) in [4.78, 5) is 11.0. The van der Waals surface area contributed by atoms with Crippen molar-refractivity contribution in [3.05, 3.63) is 23.9 Å². The first-order valence-electron chi connectivity index (χ1n) is 7.43. The van der Waals surface area contributed by atoms with E-state index in [1.54, 1.807) is 12.1 Å². The number of nitrogens with one attached hydrogen (secondary N) is 2. The number of piperidine rings is 1. The van der Waals surface area contributed by atoms with Crippen LogP contribution in [-0.2, 0) is 0 Å². The summed E-state index contributed by atoms with van der Waals surface area (Å²) in [5.74, 6) is 2.54. The summed E-state index contributed by atoms with van der Waals surface area (Å²) < 4.78 is 0. The van der Waals surface area contributed by atoms with Crippen LogP contribution in [0.3, 0.4) is 0 Å². The van der Waals surface area contributed by atoms with Crippen LogP contribution in [0.2, 0.25) is 5.15 Å². The molecule has 1 saturated heterocycles. The van der Waals surface area contributed by atoms with Gasteiger partial charge in [0.15, 0.2) is 5.11 Å². The Morgan fingerprint density at radius 1 is 1.45 bits per heavy atom. The molecule has 1 aliphatic heterocycles. The van der Waals surface area contributed by atoms with Crippen LogP contribution in [0, 0.1) is 11.8 Å². The lowest BCUT2D eigenvalue weighted by Crippen LogP contribution is -2.39. The van der Waals surface area contributed by atoms with E-state index in [2.05, 4.69) is 45.9 Å². The van der Waals surface area contributed by atoms with Gasteiger partial charge in [-0.05, 0) is 30.5 Å². The fourth-order valence-corrected chi connectivity index (χ4v) is 3.14. The molecule has 5 nitrogen and oxygen atoms in total. The highest BCUT2D eigenvalue weighted by Crippen LogP contribution is 2.26. The van der Waals surface area contributed by atoms with Gasteiger partial charge in [-0.15, -0.1) is 6.58 Å². The van der Waals surface area contributed by atoms with Gasteiger partial charge in [0.25, 0.3) is 0 Å². The lowest BCUT2D eigenvalue weighted by atomic mass is 9.92. The highest BCUT2D eigenvalue weighted by molar-refractivity contribution is 7.80. The second-order valence-electron chi connectivity index (χ2n) is 5.85. The first kappa shape index (κ1) is 17.0. The summed E-state index contributed by atoms with van der Waals surface area (Å²) in [6.07, 6.45) is 2.98. The molecule has 1 fully saturated rings. The van der Waals surface area contributed by atoms with E-state index in [1.807, 2.05) is 0 Å². The van der Waals surface area contributed by atoms with Crippen LogP contribution in [0.1, 0.15) is 20.3 Å². The average Bonchev–Trinajstić information content (AvgIpc) is 2.43. The molecule has 2 atom stereocenters. The topological polar surface area (TPSA) is 53.1 Å². The Bertz CT molecular complexity index is 541. The molecule has 0 aliphatic carbocycles. The minimum Gasteiger partial charge on any atom is -0.359 e. The van der Waals surface area contributed by atoms with Gasteiger partial charge in [-0.1, -0.05) is 31.5 Å². The third-order valence-corrected chi connectivity index (χ3v) is 3.95. The van der Waals surface area contributed by atoms with E-state index in [9.17, 15) is 0 Å². The number of nitrogens with zero attached hydrogens (tertiary/aromatic N) is 3. The Kier molecular flexibility index (Phi) is 5.97. The molecule has 0 saturated carbocycles. The van der Waals surface area contributed by atoms with Crippen LogP contribution < -0.4 is 15.5 Å². The van der Waals surface area contributed by atoms with E-state index >= 15 is 0 Å². The Labute approximate surface area is 142 Å². The number of hydrogen-bond acceptors (Lipinski definition) is 4. The maximum absolute atomic E-state index is 6.13. The number of halogens is 1. The van der Waals surface area contributed by atoms with Gasteiger partial charge in [0.05, 0.1) is 0 Å². The summed E-state index contributed by atoms with van der Waals surface area (Å²) in [6, 6.07) is 1.80. The van der Waals surface area contributed by atoms with Crippen molar-refractivity contribution in [2.24, 2.45) is 11.8 Å². The molecule has 2 rings (SSSR count). The fourth-order valence-electron chi connectivity index (χ4n) is 2.78. The van der Waals surface area contributed by atoms with Gasteiger partial charge >= 0.3 is 0 Å². The van der Waals surface area contributed by atoms with Gasteiger partial charge < -0.3 is 15.5 Å². The molecule has 1 aromatic rings. The molecule has 0 spiro atoms. The molecule has 7 heteroatoms. The second-order valence-corrected chi connectivity index (χ2v) is 6.64. The van der Waals surface area contributed by atoms with Gasteiger partial charge in [-0.3, -0.25) is 0 Å². The lowest BCUT2D eigenvalue weighted by molar-refractivity contribution is 0.355. The van der Waals surface area contributed by atoms with Crippen LogP contribution >= 0.6 is 23.8 Å². The van der Waals surface area contributed by atoms with Crippen molar-refractivity contribution < 1.29 is 0 Å². The fraction of sp³-hybridized carbons (Fsp3) is 0.533. The number of rotatable bonds is 4. The second kappa shape index (κ2) is 7.74. The first-order chi connectivity index (χ1) is 10.5. The Morgan fingerprint density at radius 2 is 2.14 bits per heavy atom. The van der Waals surface area contributed by atoms with Gasteiger partial charge in [0.2, 0.25) is 5.95 Å². The zero-order valence-corrected chi connectivity index (χ0v) is 14.5. The molecule has 1 aromatic heterocycles. The van der Waals surface area contributed by atoms with Gasteiger partial charge in [0, 0.05) is 25.7 Å². The predicted molar refractivity (Wildman–Crippen MR) is 96.6 cm³/mol. The molecule has 1 aliphatic rings. The van der Waals surface area contributed by atoms with Crippen LogP contribution in [0.4, 0.5) is 11.8 Å². The van der Waals surface area contributed by atoms with Crippen molar-refractivity contribution in [3.63, 3.8) is 0 Å². The summed E-state index contributed by atoms with van der Waals surface area (Å²) in [5, 5.41) is 6.80. The quantitative estimate of drug-likeness (QED) is 0.499. The summed E-state index contributed by atoms with van der Waals surface area (Å²) in [7, 11) is 0. The van der Waals surface area contributed by atoms with Gasteiger partial charge in [-0.2, -0.15) is 4.98 Å². The number of anilines is 2. The molecule has 2 N–H and O–H groups in total. The third-order valence-electron chi connectivity index (χ3n) is 3.51. The van der Waals surface area contributed by atoms with E-state index in [0.717, 1.165) is 18.9 Å². The molecular weight excluding hydrogens is 318 g/mol. The number of hydrogen-bond donors (Lipinski definition) is 2. The maximum atomic E-state index is 6.13. The SMILES string of the molecule is C=CCNC(=S)Nc1nc(Cl)cc(N2C[C@H](C)C[C@H](C)C2)n1. The van der Waals surface area contributed by atoms with Crippen LogP contribution in [0.25, 0.3) is 0 Å². The largest absolute Gasteiger partial charge is 0.359 e. The van der Waals surface area contributed by atoms with Crippen molar-refractivity contribution >= 4 is 40.7 Å². The molecule has 120 valence electrons. The highest BCUT2D eigenvalue weighted by Gasteiger charge is 2.23. The minimum atomic E-state index is 0.407. The van der Waals surface area contributed by atoms with E-state index < -0.39 is 0 Å². The molecule has 0 amide bonds. The van der Waals surface area contributed by atoms with E-state index in [-0.39, 0.29) is 0 Å². The standard InChI is InChI=1S/C15H22ClN5S/c1-4-5-17-15(22)20-14-18-12(16)7-13(19-14)21-8-10(2)6-11(3)9-21/h4,7,10-11H,1,5-6,8-9H2,2-3H3,(H2,17,18,19,20,22)/t10-,11+. The lowest BCUT2D eigenvalue weighted by Gasteiger charge is -2.35. The Morgan fingerprint density at radius 3 is 2.77 bits per heavy atom. The highest BCUT2D eigenvalue weighted by atomic mass is 35.5. The predicted octanol–water partition coefficient (Wildman–Crippen LogP) is 3.08. The Hall–Kier alpha value is -1.40. The molecule has 0 unspecified atom stereocenters. The molecule has 2 heterocycles. The van der Waals surface area contributed by atoms with Crippen molar-refractivity contribution in [2.75, 3.05) is 29.9 Å². The van der Waals surface area contributed by atoms with E-state index in [4.69, 9.17) is 23.8 Å². The van der Waals surface area contributed by atoms with Gasteiger partial charge in [0.1, 0.15) is 11.0 Å². The van der Waals surface area contributed by atoms with Crippen molar-refractivity contribution in [1.29, 1.82) is 0 Å². The number of thiocarbonyl (C=S) groups is 1. The molecule has 22 heavy (non-hydrogen) atoms. The van der Waals surface area contributed by atoms with E-state index in [0.29, 0.717) is 34.6 Å². The van der Waals surface area contributed by atoms with Crippen molar-refractivity contribution in [3.8, 4) is 0 Å². The maximum Gasteiger partial charge on any atom is 0.232 e. The minimum absolute atomic E-state index is 0.407. The van der Waals surface area contributed by atoms with Crippen LogP contribution in [-0.4, -0.2) is 34.7 Å². The van der Waals surface area contributed by atoms with Crippen molar-refractivity contribution in [1.82, 2.24) is 15.3 Å². The Balaban J connectivity index is 2.12. The van der Waals surface area contributed by atoms with Crippen LogP contribution in [0.5, 0.6) is 0 Å². The normalized spacial score (nSPS) is 21.3. The summed E-state index contributed by atoms with van der Waals surface area (Å²) >= 11 is 11.3. The molecule has 0 radical (unpaired) electrons. The molecule has 0 aromatic carbocycles.